The standard InChI is InChI=1S/C13H14BrFN4O/c1-3-6-16-12-17-11(18-13(19-12)20-2)9-7-8(14)4-5-10(9)15/h4-5,7H,3,6H2,1-2H3,(H,16,17,18,19). The van der Waals surface area contributed by atoms with Crippen LogP contribution in [0.1, 0.15) is 13.3 Å². The van der Waals surface area contributed by atoms with Gasteiger partial charge in [0, 0.05) is 11.0 Å². The lowest BCUT2D eigenvalue weighted by atomic mass is 10.2. The van der Waals surface area contributed by atoms with Crippen molar-refractivity contribution in [2.45, 2.75) is 13.3 Å². The average molecular weight is 341 g/mol. The number of methoxy groups -OCH3 is 1. The normalized spacial score (nSPS) is 10.4. The molecule has 1 aromatic carbocycles. The molecule has 7 heteroatoms. The zero-order chi connectivity index (χ0) is 14.5. The van der Waals surface area contributed by atoms with Gasteiger partial charge in [0.25, 0.3) is 0 Å². The van der Waals surface area contributed by atoms with E-state index in [9.17, 15) is 4.39 Å². The summed E-state index contributed by atoms with van der Waals surface area (Å²) in [5.74, 6) is 0.199. The van der Waals surface area contributed by atoms with E-state index >= 15 is 0 Å². The zero-order valence-corrected chi connectivity index (χ0v) is 12.7. The highest BCUT2D eigenvalue weighted by Crippen LogP contribution is 2.25. The Hall–Kier alpha value is -1.76. The number of nitrogens with zero attached hydrogens (tertiary/aromatic N) is 3. The Morgan fingerprint density at radius 2 is 2.10 bits per heavy atom. The highest BCUT2D eigenvalue weighted by atomic mass is 79.9. The molecule has 0 fully saturated rings. The molecule has 1 heterocycles. The Morgan fingerprint density at radius 3 is 2.80 bits per heavy atom. The molecule has 0 bridgehead atoms. The molecule has 0 saturated carbocycles. The summed E-state index contributed by atoms with van der Waals surface area (Å²) in [6, 6.07) is 4.74. The SMILES string of the molecule is CCCNc1nc(OC)nc(-c2cc(Br)ccc2F)n1. The average Bonchev–Trinajstić information content (AvgIpc) is 2.47. The minimum Gasteiger partial charge on any atom is -0.467 e. The second kappa shape index (κ2) is 6.60. The van der Waals surface area contributed by atoms with Gasteiger partial charge in [0.05, 0.1) is 12.7 Å². The van der Waals surface area contributed by atoms with Crippen molar-refractivity contribution < 1.29 is 9.13 Å². The molecule has 1 N–H and O–H groups in total. The molecule has 0 aliphatic carbocycles. The van der Waals surface area contributed by atoms with Gasteiger partial charge in [0.15, 0.2) is 5.82 Å². The molecule has 5 nitrogen and oxygen atoms in total. The van der Waals surface area contributed by atoms with Gasteiger partial charge in [-0.1, -0.05) is 22.9 Å². The monoisotopic (exact) mass is 340 g/mol. The summed E-state index contributed by atoms with van der Waals surface area (Å²) in [4.78, 5) is 12.4. The van der Waals surface area contributed by atoms with E-state index in [0.717, 1.165) is 10.9 Å². The van der Waals surface area contributed by atoms with Crippen LogP contribution < -0.4 is 10.1 Å². The van der Waals surface area contributed by atoms with Gasteiger partial charge in [-0.2, -0.15) is 15.0 Å². The molecular weight excluding hydrogens is 327 g/mol. The summed E-state index contributed by atoms with van der Waals surface area (Å²) < 4.78 is 19.7. The number of aromatic nitrogens is 3. The van der Waals surface area contributed by atoms with E-state index in [2.05, 4.69) is 36.2 Å². The fourth-order valence-corrected chi connectivity index (χ4v) is 1.91. The van der Waals surface area contributed by atoms with E-state index in [1.54, 1.807) is 12.1 Å². The maximum Gasteiger partial charge on any atom is 0.321 e. The Morgan fingerprint density at radius 1 is 1.30 bits per heavy atom. The number of benzene rings is 1. The van der Waals surface area contributed by atoms with Gasteiger partial charge in [-0.05, 0) is 24.6 Å². The first-order chi connectivity index (χ1) is 9.63. The van der Waals surface area contributed by atoms with E-state index in [1.807, 2.05) is 6.92 Å². The molecule has 0 spiro atoms. The summed E-state index contributed by atoms with van der Waals surface area (Å²) in [6.45, 7) is 2.74. The van der Waals surface area contributed by atoms with Crippen LogP contribution in [-0.2, 0) is 0 Å². The van der Waals surface area contributed by atoms with Crippen LogP contribution in [0, 0.1) is 5.82 Å². The third kappa shape index (κ3) is 3.41. The number of hydrogen-bond acceptors (Lipinski definition) is 5. The first-order valence-corrected chi connectivity index (χ1v) is 6.92. The molecule has 0 saturated heterocycles. The lowest BCUT2D eigenvalue weighted by Gasteiger charge is -2.08. The molecule has 0 aliphatic rings. The van der Waals surface area contributed by atoms with E-state index in [-0.39, 0.29) is 11.8 Å². The van der Waals surface area contributed by atoms with Crippen LogP contribution in [0.5, 0.6) is 6.01 Å². The van der Waals surface area contributed by atoms with Crippen molar-refractivity contribution in [3.05, 3.63) is 28.5 Å². The highest BCUT2D eigenvalue weighted by molar-refractivity contribution is 9.10. The number of halogens is 2. The van der Waals surface area contributed by atoms with Crippen LogP contribution in [0.15, 0.2) is 22.7 Å². The number of anilines is 1. The molecule has 0 amide bonds. The van der Waals surface area contributed by atoms with Crippen molar-refractivity contribution in [2.75, 3.05) is 19.0 Å². The maximum atomic E-state index is 13.9. The minimum atomic E-state index is -0.400. The molecule has 1 aromatic heterocycles. The second-order valence-electron chi connectivity index (χ2n) is 4.02. The Labute approximate surface area is 124 Å². The Balaban J connectivity index is 2.46. The zero-order valence-electron chi connectivity index (χ0n) is 11.2. The summed E-state index contributed by atoms with van der Waals surface area (Å²) in [5.41, 5.74) is 0.291. The van der Waals surface area contributed by atoms with Crippen LogP contribution in [0.3, 0.4) is 0 Å². The largest absolute Gasteiger partial charge is 0.467 e. The number of ether oxygens (including phenoxy) is 1. The van der Waals surface area contributed by atoms with Crippen LogP contribution in [0.2, 0.25) is 0 Å². The quantitative estimate of drug-likeness (QED) is 0.905. The van der Waals surface area contributed by atoms with E-state index < -0.39 is 5.82 Å². The van der Waals surface area contributed by atoms with Crippen LogP contribution >= 0.6 is 15.9 Å². The third-order valence-corrected chi connectivity index (χ3v) is 2.99. The maximum absolute atomic E-state index is 13.9. The molecule has 0 unspecified atom stereocenters. The molecule has 20 heavy (non-hydrogen) atoms. The summed E-state index contributed by atoms with van der Waals surface area (Å²) in [5, 5.41) is 3.04. The highest BCUT2D eigenvalue weighted by Gasteiger charge is 2.13. The van der Waals surface area contributed by atoms with Gasteiger partial charge in [-0.3, -0.25) is 0 Å². The number of hydrogen-bond donors (Lipinski definition) is 1. The number of rotatable bonds is 5. The molecular formula is C13H14BrFN4O. The van der Waals surface area contributed by atoms with Crippen molar-refractivity contribution in [1.82, 2.24) is 15.0 Å². The molecule has 2 aromatic rings. The lowest BCUT2D eigenvalue weighted by molar-refractivity contribution is 0.379. The van der Waals surface area contributed by atoms with E-state index in [1.165, 1.54) is 13.2 Å². The second-order valence-corrected chi connectivity index (χ2v) is 4.94. The first-order valence-electron chi connectivity index (χ1n) is 6.13. The third-order valence-electron chi connectivity index (χ3n) is 2.50. The van der Waals surface area contributed by atoms with Crippen molar-refractivity contribution in [3.63, 3.8) is 0 Å². The molecule has 0 radical (unpaired) electrons. The summed E-state index contributed by atoms with van der Waals surface area (Å²) in [6.07, 6.45) is 0.925. The van der Waals surface area contributed by atoms with Crippen molar-refractivity contribution in [2.24, 2.45) is 0 Å². The van der Waals surface area contributed by atoms with Gasteiger partial charge < -0.3 is 10.1 Å². The van der Waals surface area contributed by atoms with Gasteiger partial charge in [-0.15, -0.1) is 0 Å². The topological polar surface area (TPSA) is 59.9 Å². The van der Waals surface area contributed by atoms with Gasteiger partial charge in [0.2, 0.25) is 5.95 Å². The minimum absolute atomic E-state index is 0.146. The lowest BCUT2D eigenvalue weighted by Crippen LogP contribution is -2.08. The van der Waals surface area contributed by atoms with Crippen molar-refractivity contribution in [3.8, 4) is 17.4 Å². The molecule has 106 valence electrons. The van der Waals surface area contributed by atoms with Gasteiger partial charge in [0.1, 0.15) is 5.82 Å². The van der Waals surface area contributed by atoms with Gasteiger partial charge >= 0.3 is 6.01 Å². The predicted molar refractivity (Wildman–Crippen MR) is 78.3 cm³/mol. The fourth-order valence-electron chi connectivity index (χ4n) is 1.55. The first kappa shape index (κ1) is 14.6. The smallest absolute Gasteiger partial charge is 0.321 e. The van der Waals surface area contributed by atoms with E-state index in [0.29, 0.717) is 18.1 Å². The summed E-state index contributed by atoms with van der Waals surface area (Å²) in [7, 11) is 1.46. The fraction of sp³-hybridized carbons (Fsp3) is 0.308. The molecule has 0 atom stereocenters. The van der Waals surface area contributed by atoms with Gasteiger partial charge in [-0.25, -0.2) is 4.39 Å². The molecule has 2 rings (SSSR count). The van der Waals surface area contributed by atoms with E-state index in [4.69, 9.17) is 4.74 Å². The Bertz CT molecular complexity index is 609. The summed E-state index contributed by atoms with van der Waals surface area (Å²) >= 11 is 3.30. The Kier molecular flexibility index (Phi) is 4.84. The van der Waals surface area contributed by atoms with Crippen LogP contribution in [-0.4, -0.2) is 28.6 Å². The van der Waals surface area contributed by atoms with Crippen molar-refractivity contribution in [1.29, 1.82) is 0 Å². The number of nitrogens with one attached hydrogen (secondary N) is 1. The molecule has 0 aliphatic heterocycles. The van der Waals surface area contributed by atoms with Crippen LogP contribution in [0.4, 0.5) is 10.3 Å². The van der Waals surface area contributed by atoms with Crippen molar-refractivity contribution >= 4 is 21.9 Å². The van der Waals surface area contributed by atoms with Crippen LogP contribution in [0.25, 0.3) is 11.4 Å². The predicted octanol–water partition coefficient (Wildman–Crippen LogP) is 3.27.